The number of carbonyl (C=O) groups is 2. The van der Waals surface area contributed by atoms with E-state index in [1.165, 1.54) is 6.92 Å². The number of amides is 1. The predicted octanol–water partition coefficient (Wildman–Crippen LogP) is 4.17. The Hall–Kier alpha value is -2.88. The Balaban J connectivity index is 1.63. The van der Waals surface area contributed by atoms with E-state index in [-0.39, 0.29) is 12.7 Å². The lowest BCUT2D eigenvalue weighted by Gasteiger charge is -2.36. The topological polar surface area (TPSA) is 83.5 Å². The number of rotatable bonds is 9. The van der Waals surface area contributed by atoms with Crippen molar-refractivity contribution < 1.29 is 33.3 Å². The summed E-state index contributed by atoms with van der Waals surface area (Å²) in [5.74, 6) is 0.628. The molecule has 2 heterocycles. The molecule has 0 unspecified atom stereocenters. The number of benzene rings is 2. The molecule has 2 aromatic rings. The fourth-order valence-corrected chi connectivity index (χ4v) is 4.50. The summed E-state index contributed by atoms with van der Waals surface area (Å²) in [5.41, 5.74) is 1.81. The summed E-state index contributed by atoms with van der Waals surface area (Å²) in [6.45, 7) is 2.72. The first-order chi connectivity index (χ1) is 17.0. The maximum absolute atomic E-state index is 13.2. The molecule has 3 atom stereocenters. The molecule has 0 aromatic heterocycles. The van der Waals surface area contributed by atoms with Crippen LogP contribution in [0.3, 0.4) is 0 Å². The number of hydrogen-bond acceptors (Lipinski definition) is 7. The largest absolute Gasteiger partial charge is 0.483 e. The van der Waals surface area contributed by atoms with Gasteiger partial charge < -0.3 is 28.6 Å². The highest BCUT2D eigenvalue weighted by Crippen LogP contribution is 2.45. The minimum Gasteiger partial charge on any atom is -0.483 e. The maximum atomic E-state index is 13.2. The molecule has 0 spiro atoms. The second kappa shape index (κ2) is 11.7. The molecular weight excluding hydrogens is 518 g/mol. The van der Waals surface area contributed by atoms with Crippen LogP contribution in [0.4, 0.5) is 0 Å². The number of hydrogen-bond donors (Lipinski definition) is 0. The van der Waals surface area contributed by atoms with Crippen molar-refractivity contribution in [2.75, 3.05) is 27.1 Å². The second-order valence-electron chi connectivity index (χ2n) is 8.27. The molecule has 0 saturated carbocycles. The van der Waals surface area contributed by atoms with E-state index in [1.54, 1.807) is 30.2 Å². The number of nitrogens with zero attached hydrogens (tertiary/aromatic N) is 1. The molecule has 186 valence electrons. The Morgan fingerprint density at radius 2 is 1.97 bits per heavy atom. The van der Waals surface area contributed by atoms with Crippen LogP contribution in [0, 0.1) is 0 Å². The zero-order chi connectivity index (χ0) is 24.8. The summed E-state index contributed by atoms with van der Waals surface area (Å²) in [4.78, 5) is 26.9. The van der Waals surface area contributed by atoms with E-state index in [0.717, 1.165) is 15.6 Å². The maximum Gasteiger partial charge on any atom is 0.303 e. The van der Waals surface area contributed by atoms with Gasteiger partial charge in [0.2, 0.25) is 5.91 Å². The molecule has 2 aromatic carbocycles. The third kappa shape index (κ3) is 6.22. The van der Waals surface area contributed by atoms with Crippen molar-refractivity contribution in [2.45, 2.75) is 38.1 Å². The molecule has 8 nitrogen and oxygen atoms in total. The highest BCUT2D eigenvalue weighted by Gasteiger charge is 2.46. The van der Waals surface area contributed by atoms with Crippen molar-refractivity contribution in [1.29, 1.82) is 0 Å². The molecule has 0 aliphatic carbocycles. The molecule has 0 fully saturated rings. The van der Waals surface area contributed by atoms with Crippen molar-refractivity contribution in [3.8, 4) is 11.5 Å². The second-order valence-corrected chi connectivity index (χ2v) is 9.18. The first-order valence-electron chi connectivity index (χ1n) is 11.3. The quantitative estimate of drug-likeness (QED) is 0.265. The average Bonchev–Trinajstić information content (AvgIpc) is 3.20. The Bertz CT molecular complexity index is 1070. The van der Waals surface area contributed by atoms with Crippen LogP contribution in [0.1, 0.15) is 30.5 Å². The number of fused-ring (bicyclic) bond motifs is 3. The van der Waals surface area contributed by atoms with Gasteiger partial charge in [-0.25, -0.2) is 0 Å². The molecule has 35 heavy (non-hydrogen) atoms. The van der Waals surface area contributed by atoms with E-state index < -0.39 is 24.2 Å². The van der Waals surface area contributed by atoms with Gasteiger partial charge in [-0.05, 0) is 35.9 Å². The lowest BCUT2D eigenvalue weighted by Crippen LogP contribution is -2.46. The smallest absolute Gasteiger partial charge is 0.303 e. The van der Waals surface area contributed by atoms with Gasteiger partial charge in [0.05, 0.1) is 13.2 Å². The van der Waals surface area contributed by atoms with E-state index in [1.807, 2.05) is 36.4 Å². The molecule has 0 saturated heterocycles. The van der Waals surface area contributed by atoms with Gasteiger partial charge in [-0.15, -0.1) is 0 Å². The van der Waals surface area contributed by atoms with E-state index in [4.69, 9.17) is 23.7 Å². The summed E-state index contributed by atoms with van der Waals surface area (Å²) in [5, 5.41) is 0. The van der Waals surface area contributed by atoms with Crippen LogP contribution in [0.5, 0.6) is 11.5 Å². The molecule has 4 rings (SSSR count). The SMILES string of the molecule is COCCOCOc1ccc2c(c1)O[C@@H]1[C@H](OC(C)=O)C/C=C\C(=O)N(Cc3ccc(Br)cc3)[C@@H]21. The van der Waals surface area contributed by atoms with Crippen molar-refractivity contribution >= 4 is 27.8 Å². The third-order valence-electron chi connectivity index (χ3n) is 5.82. The highest BCUT2D eigenvalue weighted by molar-refractivity contribution is 9.10. The lowest BCUT2D eigenvalue weighted by atomic mass is 9.94. The minimum atomic E-state index is -0.563. The van der Waals surface area contributed by atoms with Crippen LogP contribution < -0.4 is 9.47 Å². The zero-order valence-electron chi connectivity index (χ0n) is 19.6. The molecule has 2 aliphatic rings. The van der Waals surface area contributed by atoms with Crippen LogP contribution in [0.2, 0.25) is 0 Å². The molecular formula is C26H28BrNO7. The molecule has 0 radical (unpaired) electrons. The molecule has 9 heteroatoms. The van der Waals surface area contributed by atoms with Crippen molar-refractivity contribution in [1.82, 2.24) is 4.90 Å². The van der Waals surface area contributed by atoms with Gasteiger partial charge in [-0.2, -0.15) is 0 Å². The summed E-state index contributed by atoms with van der Waals surface area (Å²) in [7, 11) is 1.61. The number of carbonyl (C=O) groups excluding carboxylic acids is 2. The molecule has 0 N–H and O–H groups in total. The molecule has 1 amide bonds. The van der Waals surface area contributed by atoms with Gasteiger partial charge in [0, 0.05) is 43.1 Å². The Kier molecular flexibility index (Phi) is 8.43. The van der Waals surface area contributed by atoms with Gasteiger partial charge >= 0.3 is 5.97 Å². The number of halogens is 1. The summed E-state index contributed by atoms with van der Waals surface area (Å²) in [6, 6.07) is 12.9. The van der Waals surface area contributed by atoms with Crippen LogP contribution in [0.25, 0.3) is 0 Å². The number of methoxy groups -OCH3 is 1. The highest BCUT2D eigenvalue weighted by atomic mass is 79.9. The average molecular weight is 546 g/mol. The Morgan fingerprint density at radius 3 is 2.71 bits per heavy atom. The monoisotopic (exact) mass is 545 g/mol. The van der Waals surface area contributed by atoms with Gasteiger partial charge in [0.1, 0.15) is 23.6 Å². The fourth-order valence-electron chi connectivity index (χ4n) is 4.24. The van der Waals surface area contributed by atoms with Gasteiger partial charge in [0.25, 0.3) is 0 Å². The van der Waals surface area contributed by atoms with Crippen LogP contribution >= 0.6 is 15.9 Å². The first kappa shape index (κ1) is 25.2. The summed E-state index contributed by atoms with van der Waals surface area (Å²) in [6.07, 6.45) is 2.54. The lowest BCUT2D eigenvalue weighted by molar-refractivity contribution is -0.153. The van der Waals surface area contributed by atoms with Gasteiger partial charge in [0.15, 0.2) is 12.9 Å². The fraction of sp³-hybridized carbons (Fsp3) is 0.385. The van der Waals surface area contributed by atoms with Gasteiger partial charge in [-0.1, -0.05) is 34.1 Å². The van der Waals surface area contributed by atoms with Gasteiger partial charge in [-0.3, -0.25) is 9.59 Å². The zero-order valence-corrected chi connectivity index (χ0v) is 21.2. The van der Waals surface area contributed by atoms with Crippen LogP contribution in [0.15, 0.2) is 59.1 Å². The summed E-state index contributed by atoms with van der Waals surface area (Å²) < 4.78 is 28.9. The van der Waals surface area contributed by atoms with Crippen molar-refractivity contribution in [3.63, 3.8) is 0 Å². The number of esters is 1. The Morgan fingerprint density at radius 1 is 1.17 bits per heavy atom. The van der Waals surface area contributed by atoms with E-state index >= 15 is 0 Å². The summed E-state index contributed by atoms with van der Waals surface area (Å²) >= 11 is 3.45. The van der Waals surface area contributed by atoms with E-state index in [2.05, 4.69) is 15.9 Å². The van der Waals surface area contributed by atoms with Crippen molar-refractivity contribution in [2.24, 2.45) is 0 Å². The van der Waals surface area contributed by atoms with Crippen molar-refractivity contribution in [3.05, 3.63) is 70.2 Å². The molecule has 2 aliphatic heterocycles. The molecule has 0 bridgehead atoms. The standard InChI is InChI=1S/C26H28BrNO7/c1-17(29)34-22-4-3-5-24(30)28(15-18-6-8-19(27)9-7-18)25-21-11-10-20(14-23(21)35-26(22)25)33-16-32-13-12-31-2/h3,5-11,14,22,25-26H,4,12-13,15-16H2,1-2H3/b5-3-/t22-,25+,26-/m1/s1. The normalized spacial score (nSPS) is 21.9. The number of ether oxygens (including phenoxy) is 5. The Labute approximate surface area is 212 Å². The third-order valence-corrected chi connectivity index (χ3v) is 6.34. The first-order valence-corrected chi connectivity index (χ1v) is 12.1. The van der Waals surface area contributed by atoms with E-state index in [0.29, 0.717) is 37.7 Å². The minimum absolute atomic E-state index is 0.0726. The van der Waals surface area contributed by atoms with E-state index in [9.17, 15) is 9.59 Å². The van der Waals surface area contributed by atoms with Crippen LogP contribution in [-0.4, -0.2) is 56.1 Å². The predicted molar refractivity (Wildman–Crippen MR) is 131 cm³/mol. The van der Waals surface area contributed by atoms with Crippen LogP contribution in [-0.2, 0) is 30.3 Å².